The molecule has 128 valence electrons. The first kappa shape index (κ1) is 16.1. The van der Waals surface area contributed by atoms with E-state index >= 15 is 0 Å². The zero-order valence-corrected chi connectivity index (χ0v) is 15.1. The SMILES string of the molecule is CCC(=O)[C@H]1CC[C@H]2[C@@H]3CCC4=CC(=O)C=C[C@]4(C)C3=CC[C@]12C. The number of carbonyl (C=O) groups is 2. The molecule has 0 aromatic rings. The van der Waals surface area contributed by atoms with Crippen molar-refractivity contribution in [3.8, 4) is 0 Å². The van der Waals surface area contributed by atoms with E-state index in [9.17, 15) is 9.59 Å². The number of allylic oxidation sites excluding steroid dienone is 6. The van der Waals surface area contributed by atoms with Crippen LogP contribution < -0.4 is 0 Å². The van der Waals surface area contributed by atoms with Gasteiger partial charge >= 0.3 is 0 Å². The highest BCUT2D eigenvalue weighted by molar-refractivity contribution is 6.01. The Morgan fingerprint density at radius 2 is 2.04 bits per heavy atom. The predicted molar refractivity (Wildman–Crippen MR) is 95.4 cm³/mol. The van der Waals surface area contributed by atoms with Gasteiger partial charge in [0, 0.05) is 17.8 Å². The summed E-state index contributed by atoms with van der Waals surface area (Å²) in [6.45, 7) is 6.65. The van der Waals surface area contributed by atoms with Crippen molar-refractivity contribution in [3.05, 3.63) is 35.5 Å². The van der Waals surface area contributed by atoms with Crippen LogP contribution in [0.5, 0.6) is 0 Å². The molecule has 2 fully saturated rings. The van der Waals surface area contributed by atoms with E-state index in [2.05, 4.69) is 26.0 Å². The van der Waals surface area contributed by atoms with Crippen LogP contribution >= 0.6 is 0 Å². The van der Waals surface area contributed by atoms with E-state index in [1.807, 2.05) is 13.0 Å². The van der Waals surface area contributed by atoms with Crippen molar-refractivity contribution in [3.63, 3.8) is 0 Å². The largest absolute Gasteiger partial charge is 0.299 e. The predicted octanol–water partition coefficient (Wildman–Crippen LogP) is 4.81. The van der Waals surface area contributed by atoms with Crippen LogP contribution in [0.15, 0.2) is 35.5 Å². The van der Waals surface area contributed by atoms with Gasteiger partial charge in [-0.25, -0.2) is 0 Å². The third-order valence-corrected chi connectivity index (χ3v) is 7.68. The van der Waals surface area contributed by atoms with Crippen molar-refractivity contribution in [1.29, 1.82) is 0 Å². The number of ketones is 2. The summed E-state index contributed by atoms with van der Waals surface area (Å²) in [6, 6.07) is 0. The molecule has 0 bridgehead atoms. The molecule has 0 aromatic heterocycles. The van der Waals surface area contributed by atoms with E-state index < -0.39 is 0 Å². The molecule has 0 radical (unpaired) electrons. The average Bonchev–Trinajstić information content (AvgIpc) is 2.92. The quantitative estimate of drug-likeness (QED) is 0.683. The van der Waals surface area contributed by atoms with Gasteiger partial charge in [0.2, 0.25) is 0 Å². The second-order valence-corrected chi connectivity index (χ2v) is 8.68. The Morgan fingerprint density at radius 3 is 2.79 bits per heavy atom. The van der Waals surface area contributed by atoms with Crippen LogP contribution in [-0.2, 0) is 9.59 Å². The van der Waals surface area contributed by atoms with E-state index in [0.29, 0.717) is 24.0 Å². The molecule has 2 nitrogen and oxygen atoms in total. The smallest absolute Gasteiger partial charge is 0.178 e. The Morgan fingerprint density at radius 1 is 1.25 bits per heavy atom. The van der Waals surface area contributed by atoms with Crippen LogP contribution in [-0.4, -0.2) is 11.6 Å². The highest BCUT2D eigenvalue weighted by Crippen LogP contribution is 2.63. The van der Waals surface area contributed by atoms with Crippen LogP contribution in [0.25, 0.3) is 0 Å². The van der Waals surface area contributed by atoms with E-state index in [1.165, 1.54) is 17.6 Å². The minimum atomic E-state index is -0.0645. The highest BCUT2D eigenvalue weighted by Gasteiger charge is 2.56. The van der Waals surface area contributed by atoms with Crippen LogP contribution in [0.4, 0.5) is 0 Å². The molecular weight excluding hydrogens is 296 g/mol. The van der Waals surface area contributed by atoms with Crippen LogP contribution in [0.2, 0.25) is 0 Å². The lowest BCUT2D eigenvalue weighted by molar-refractivity contribution is -0.126. The molecule has 0 amide bonds. The molecule has 4 aliphatic carbocycles. The number of rotatable bonds is 2. The van der Waals surface area contributed by atoms with Gasteiger partial charge in [-0.1, -0.05) is 37.1 Å². The van der Waals surface area contributed by atoms with E-state index in [-0.39, 0.29) is 22.5 Å². The fourth-order valence-corrected chi connectivity index (χ4v) is 6.30. The molecular formula is C22H28O2. The van der Waals surface area contributed by atoms with E-state index in [1.54, 1.807) is 6.08 Å². The van der Waals surface area contributed by atoms with Crippen molar-refractivity contribution < 1.29 is 9.59 Å². The molecule has 0 aromatic carbocycles. The first-order valence-electron chi connectivity index (χ1n) is 9.57. The summed E-state index contributed by atoms with van der Waals surface area (Å²) in [5.74, 6) is 2.05. The molecule has 5 atom stereocenters. The van der Waals surface area contributed by atoms with Gasteiger partial charge in [-0.2, -0.15) is 0 Å². The summed E-state index contributed by atoms with van der Waals surface area (Å²) in [5, 5.41) is 0. The van der Waals surface area contributed by atoms with Crippen LogP contribution in [0, 0.1) is 28.6 Å². The molecule has 4 rings (SSSR count). The molecule has 0 heterocycles. The molecule has 0 N–H and O–H groups in total. The zero-order chi connectivity index (χ0) is 17.1. The van der Waals surface area contributed by atoms with Crippen molar-refractivity contribution in [2.24, 2.45) is 28.6 Å². The molecule has 0 spiro atoms. The molecule has 24 heavy (non-hydrogen) atoms. The lowest BCUT2D eigenvalue weighted by Gasteiger charge is -2.52. The summed E-state index contributed by atoms with van der Waals surface area (Å²) in [4.78, 5) is 24.3. The first-order valence-corrected chi connectivity index (χ1v) is 9.57. The van der Waals surface area contributed by atoms with Gasteiger partial charge in [0.05, 0.1) is 0 Å². The summed E-state index contributed by atoms with van der Waals surface area (Å²) >= 11 is 0. The average molecular weight is 324 g/mol. The Kier molecular flexibility index (Phi) is 3.53. The molecule has 0 aliphatic heterocycles. The molecule has 4 aliphatic rings. The summed E-state index contributed by atoms with van der Waals surface area (Å²) < 4.78 is 0. The van der Waals surface area contributed by atoms with Gasteiger partial charge in [-0.3, -0.25) is 9.59 Å². The lowest BCUT2D eigenvalue weighted by atomic mass is 9.52. The van der Waals surface area contributed by atoms with Gasteiger partial charge in [0.1, 0.15) is 5.78 Å². The van der Waals surface area contributed by atoms with Crippen LogP contribution in [0.3, 0.4) is 0 Å². The topological polar surface area (TPSA) is 34.1 Å². The summed E-state index contributed by atoms with van der Waals surface area (Å²) in [6.07, 6.45) is 14.3. The van der Waals surface area contributed by atoms with E-state index in [4.69, 9.17) is 0 Å². The number of fused-ring (bicyclic) bond motifs is 5. The Labute approximate surface area is 145 Å². The maximum Gasteiger partial charge on any atom is 0.178 e. The fraction of sp³-hybridized carbons (Fsp3) is 0.636. The first-order chi connectivity index (χ1) is 11.4. The van der Waals surface area contributed by atoms with Crippen molar-refractivity contribution >= 4 is 11.6 Å². The number of carbonyl (C=O) groups excluding carboxylic acids is 2. The fourth-order valence-electron chi connectivity index (χ4n) is 6.30. The highest BCUT2D eigenvalue weighted by atomic mass is 16.1. The Hall–Kier alpha value is -1.44. The third-order valence-electron chi connectivity index (χ3n) is 7.68. The molecule has 2 heteroatoms. The van der Waals surface area contributed by atoms with Gasteiger partial charge in [0.25, 0.3) is 0 Å². The standard InChI is InChI=1S/C22H28O2/c1-4-20(24)19-8-7-17-16-6-5-14-13-15(23)9-11-21(14,2)18(16)10-12-22(17,19)3/h9-11,13,16-17,19H,4-8,12H2,1-3H3/t16-,17-,19+,21-,22-/m0/s1. The normalized spacial score (nSPS) is 43.5. The number of hydrogen-bond donors (Lipinski definition) is 0. The molecule has 2 saturated carbocycles. The Balaban J connectivity index is 1.73. The summed E-state index contributed by atoms with van der Waals surface area (Å²) in [7, 11) is 0. The van der Waals surface area contributed by atoms with Crippen molar-refractivity contribution in [2.75, 3.05) is 0 Å². The molecule has 0 unspecified atom stereocenters. The lowest BCUT2D eigenvalue weighted by Crippen LogP contribution is -2.44. The molecule has 0 saturated heterocycles. The second kappa shape index (κ2) is 5.28. The summed E-state index contributed by atoms with van der Waals surface area (Å²) in [5.41, 5.74) is 2.90. The third kappa shape index (κ3) is 2.01. The minimum absolute atomic E-state index is 0.0645. The van der Waals surface area contributed by atoms with Gasteiger partial charge < -0.3 is 0 Å². The zero-order valence-electron chi connectivity index (χ0n) is 15.1. The Bertz CT molecular complexity index is 695. The monoisotopic (exact) mass is 324 g/mol. The van der Waals surface area contributed by atoms with Crippen molar-refractivity contribution in [2.45, 2.75) is 59.3 Å². The maximum absolute atomic E-state index is 12.5. The van der Waals surface area contributed by atoms with Crippen LogP contribution in [0.1, 0.15) is 59.3 Å². The van der Waals surface area contributed by atoms with Gasteiger partial charge in [-0.05, 0) is 68.4 Å². The van der Waals surface area contributed by atoms with Gasteiger partial charge in [-0.15, -0.1) is 0 Å². The second-order valence-electron chi connectivity index (χ2n) is 8.68. The number of Topliss-reactive ketones (excluding diaryl/α,β-unsaturated/α-hetero) is 1. The van der Waals surface area contributed by atoms with Gasteiger partial charge in [0.15, 0.2) is 5.78 Å². The maximum atomic E-state index is 12.5. The number of hydrogen-bond acceptors (Lipinski definition) is 2. The van der Waals surface area contributed by atoms with Crippen molar-refractivity contribution in [1.82, 2.24) is 0 Å². The minimum Gasteiger partial charge on any atom is -0.299 e. The van der Waals surface area contributed by atoms with E-state index in [0.717, 1.165) is 25.7 Å².